The molecule has 3 heteroatoms. The molecule has 1 unspecified atom stereocenters. The van der Waals surface area contributed by atoms with Gasteiger partial charge in [0.2, 0.25) is 0 Å². The highest BCUT2D eigenvalue weighted by atomic mass is 16.3. The zero-order chi connectivity index (χ0) is 13.1. The van der Waals surface area contributed by atoms with Gasteiger partial charge in [-0.2, -0.15) is 0 Å². The molecule has 2 N–H and O–H groups in total. The molecule has 0 aliphatic rings. The van der Waals surface area contributed by atoms with Gasteiger partial charge in [0.25, 0.3) is 0 Å². The Morgan fingerprint density at radius 3 is 2.65 bits per heavy atom. The van der Waals surface area contributed by atoms with Crippen LogP contribution in [0, 0.1) is 5.92 Å². The summed E-state index contributed by atoms with van der Waals surface area (Å²) in [6, 6.07) is 0. The van der Waals surface area contributed by atoms with Crippen LogP contribution in [0.4, 0.5) is 0 Å². The fraction of sp³-hybridized carbons (Fsp3) is 0.643. The van der Waals surface area contributed by atoms with Crippen LogP contribution in [0.5, 0.6) is 0 Å². The maximum Gasteiger partial charge on any atom is 0.0555 e. The average Bonchev–Trinajstić information content (AvgIpc) is 2.30. The molecule has 17 heavy (non-hydrogen) atoms. The first kappa shape index (κ1) is 16.1. The van der Waals surface area contributed by atoms with Crippen LogP contribution in [-0.2, 0) is 0 Å². The van der Waals surface area contributed by atoms with Crippen molar-refractivity contribution in [3.63, 3.8) is 0 Å². The first-order valence-corrected chi connectivity index (χ1v) is 6.29. The van der Waals surface area contributed by atoms with Crippen LogP contribution in [0.25, 0.3) is 0 Å². The molecule has 0 saturated carbocycles. The Morgan fingerprint density at radius 2 is 2.12 bits per heavy atom. The monoisotopic (exact) mass is 238 g/mol. The largest absolute Gasteiger partial charge is 0.395 e. The number of hydrogen-bond donors (Lipinski definition) is 2. The topological polar surface area (TPSA) is 44.6 Å². The van der Waals surface area contributed by atoms with Gasteiger partial charge in [0, 0.05) is 18.5 Å². The van der Waals surface area contributed by atoms with Crippen LogP contribution >= 0.6 is 0 Å². The molecule has 0 aromatic carbocycles. The third-order valence-electron chi connectivity index (χ3n) is 2.61. The van der Waals surface area contributed by atoms with Crippen LogP contribution < -0.4 is 5.32 Å². The van der Waals surface area contributed by atoms with Crippen LogP contribution in [0.1, 0.15) is 33.1 Å². The van der Waals surface area contributed by atoms with Crippen molar-refractivity contribution in [2.45, 2.75) is 33.1 Å². The maximum atomic E-state index is 8.65. The number of allylic oxidation sites excluding steroid dienone is 2. The van der Waals surface area contributed by atoms with E-state index in [0.717, 1.165) is 37.1 Å². The van der Waals surface area contributed by atoms with Crippen molar-refractivity contribution in [2.24, 2.45) is 10.9 Å². The van der Waals surface area contributed by atoms with Gasteiger partial charge in [-0.05, 0) is 37.8 Å². The van der Waals surface area contributed by atoms with E-state index in [9.17, 15) is 0 Å². The third kappa shape index (κ3) is 9.97. The fourth-order valence-corrected chi connectivity index (χ4v) is 1.59. The van der Waals surface area contributed by atoms with E-state index in [1.54, 1.807) is 0 Å². The highest BCUT2D eigenvalue weighted by Crippen LogP contribution is 2.16. The molecule has 98 valence electrons. The quantitative estimate of drug-likeness (QED) is 0.454. The lowest BCUT2D eigenvalue weighted by Crippen LogP contribution is -2.21. The highest BCUT2D eigenvalue weighted by Gasteiger charge is 2.06. The molecule has 0 aromatic heterocycles. The molecule has 0 fully saturated rings. The second-order valence-corrected chi connectivity index (χ2v) is 4.39. The molecule has 0 heterocycles. The van der Waals surface area contributed by atoms with Gasteiger partial charge in [-0.3, -0.25) is 4.99 Å². The lowest BCUT2D eigenvalue weighted by molar-refractivity contribution is 0.290. The summed E-state index contributed by atoms with van der Waals surface area (Å²) < 4.78 is 0. The van der Waals surface area contributed by atoms with Gasteiger partial charge >= 0.3 is 0 Å². The summed E-state index contributed by atoms with van der Waals surface area (Å²) in [4.78, 5) is 4.15. The molecule has 0 amide bonds. The van der Waals surface area contributed by atoms with E-state index < -0.39 is 0 Å². The predicted molar refractivity (Wildman–Crippen MR) is 75.4 cm³/mol. The second-order valence-electron chi connectivity index (χ2n) is 4.39. The minimum absolute atomic E-state index is 0.203. The van der Waals surface area contributed by atoms with Crippen molar-refractivity contribution in [3.05, 3.63) is 24.4 Å². The van der Waals surface area contributed by atoms with Crippen LogP contribution in [-0.4, -0.2) is 31.0 Å². The van der Waals surface area contributed by atoms with E-state index in [0.29, 0.717) is 12.5 Å². The molecular weight excluding hydrogens is 212 g/mol. The van der Waals surface area contributed by atoms with Crippen LogP contribution in [0.15, 0.2) is 29.4 Å². The van der Waals surface area contributed by atoms with Crippen molar-refractivity contribution < 1.29 is 5.11 Å². The Morgan fingerprint density at radius 1 is 1.41 bits per heavy atom. The summed E-state index contributed by atoms with van der Waals surface area (Å²) in [6.45, 7) is 13.6. The van der Waals surface area contributed by atoms with Crippen LogP contribution in [0.3, 0.4) is 0 Å². The summed E-state index contributed by atoms with van der Waals surface area (Å²) in [5.41, 5.74) is 1.87. The Hall–Kier alpha value is -0.930. The standard InChI is InChI=1S/C14H26N2O/c1-5-14(6-7-15-8-9-17)10-13(4)11-16-12(2)3/h11,14-15,17H,2,4-10H2,1,3H3/b16-11-. The van der Waals surface area contributed by atoms with E-state index in [4.69, 9.17) is 5.11 Å². The van der Waals surface area contributed by atoms with Gasteiger partial charge in [-0.1, -0.05) is 26.5 Å². The number of aliphatic hydroxyl groups is 1. The summed E-state index contributed by atoms with van der Waals surface area (Å²) in [5.74, 6) is 0.630. The summed E-state index contributed by atoms with van der Waals surface area (Å²) in [7, 11) is 0. The van der Waals surface area contributed by atoms with E-state index in [-0.39, 0.29) is 6.61 Å². The molecule has 0 saturated heterocycles. The number of nitrogens with zero attached hydrogens (tertiary/aromatic N) is 1. The molecule has 0 aliphatic carbocycles. The van der Waals surface area contributed by atoms with Crippen molar-refractivity contribution in [1.29, 1.82) is 0 Å². The average molecular weight is 238 g/mol. The van der Waals surface area contributed by atoms with E-state index in [1.807, 2.05) is 13.1 Å². The zero-order valence-electron chi connectivity index (χ0n) is 11.2. The van der Waals surface area contributed by atoms with Gasteiger partial charge in [0.1, 0.15) is 0 Å². The zero-order valence-corrected chi connectivity index (χ0v) is 11.2. The summed E-state index contributed by atoms with van der Waals surface area (Å²) in [5, 5.41) is 11.8. The number of aliphatic hydroxyl groups excluding tert-OH is 1. The lowest BCUT2D eigenvalue weighted by atomic mass is 9.95. The second kappa shape index (κ2) is 10.2. The summed E-state index contributed by atoms with van der Waals surface area (Å²) in [6.07, 6.45) is 5.04. The SMILES string of the molecule is C=C(/C=N\C(=C)C)CC(CC)CCNCCO. The normalized spacial score (nSPS) is 12.9. The Bertz CT molecular complexity index is 259. The Kier molecular flexibility index (Phi) is 9.68. The minimum Gasteiger partial charge on any atom is -0.395 e. The number of nitrogens with one attached hydrogen (secondary N) is 1. The van der Waals surface area contributed by atoms with E-state index >= 15 is 0 Å². The van der Waals surface area contributed by atoms with Gasteiger partial charge < -0.3 is 10.4 Å². The smallest absolute Gasteiger partial charge is 0.0555 e. The van der Waals surface area contributed by atoms with Gasteiger partial charge in [-0.25, -0.2) is 0 Å². The van der Waals surface area contributed by atoms with Crippen molar-refractivity contribution >= 4 is 6.21 Å². The first-order valence-electron chi connectivity index (χ1n) is 6.29. The minimum atomic E-state index is 0.203. The molecule has 3 nitrogen and oxygen atoms in total. The summed E-state index contributed by atoms with van der Waals surface area (Å²) >= 11 is 0. The molecule has 0 radical (unpaired) electrons. The van der Waals surface area contributed by atoms with Crippen molar-refractivity contribution in [1.82, 2.24) is 5.32 Å². The van der Waals surface area contributed by atoms with E-state index in [1.165, 1.54) is 0 Å². The molecule has 0 aromatic rings. The number of hydrogen-bond acceptors (Lipinski definition) is 3. The molecule has 0 bridgehead atoms. The van der Waals surface area contributed by atoms with E-state index in [2.05, 4.69) is 30.4 Å². The number of aliphatic imine (C=N–C) groups is 1. The predicted octanol–water partition coefficient (Wildman–Crippen LogP) is 2.54. The molecule has 0 rings (SSSR count). The molecule has 1 atom stereocenters. The highest BCUT2D eigenvalue weighted by molar-refractivity contribution is 5.78. The molecule has 0 spiro atoms. The molecular formula is C14H26N2O. The number of rotatable bonds is 10. The van der Waals surface area contributed by atoms with Gasteiger partial charge in [0.05, 0.1) is 6.61 Å². The first-order chi connectivity index (χ1) is 8.10. The fourth-order valence-electron chi connectivity index (χ4n) is 1.59. The maximum absolute atomic E-state index is 8.65. The third-order valence-corrected chi connectivity index (χ3v) is 2.61. The van der Waals surface area contributed by atoms with Gasteiger partial charge in [-0.15, -0.1) is 0 Å². The van der Waals surface area contributed by atoms with Crippen molar-refractivity contribution in [2.75, 3.05) is 19.7 Å². The Balaban J connectivity index is 3.87. The van der Waals surface area contributed by atoms with Gasteiger partial charge in [0.15, 0.2) is 0 Å². The Labute approximate surface area is 105 Å². The lowest BCUT2D eigenvalue weighted by Gasteiger charge is -2.14. The van der Waals surface area contributed by atoms with Crippen molar-refractivity contribution in [3.8, 4) is 0 Å². The van der Waals surface area contributed by atoms with Crippen LogP contribution in [0.2, 0.25) is 0 Å². The molecule has 0 aliphatic heterocycles.